The zero-order chi connectivity index (χ0) is 24.1. The second kappa shape index (κ2) is 9.26. The van der Waals surface area contributed by atoms with Crippen LogP contribution in [0.2, 0.25) is 0 Å². The molecule has 0 bridgehead atoms. The summed E-state index contributed by atoms with van der Waals surface area (Å²) < 4.78 is 2.21. The summed E-state index contributed by atoms with van der Waals surface area (Å²) in [7, 11) is 0. The van der Waals surface area contributed by atoms with Crippen molar-refractivity contribution < 1.29 is 29.0 Å². The normalized spacial score (nSPS) is 11.1. The van der Waals surface area contributed by atoms with Crippen molar-refractivity contribution in [3.05, 3.63) is 121 Å². The first kappa shape index (κ1) is 23.1. The van der Waals surface area contributed by atoms with Gasteiger partial charge in [-0.2, -0.15) is 0 Å². The third kappa shape index (κ3) is 3.70. The van der Waals surface area contributed by atoms with Gasteiger partial charge < -0.3 is 5.11 Å². The van der Waals surface area contributed by atoms with E-state index in [0.29, 0.717) is 11.1 Å². The van der Waals surface area contributed by atoms with Gasteiger partial charge in [-0.3, -0.25) is 4.57 Å². The molecule has 0 aliphatic rings. The molecule has 0 saturated heterocycles. The monoisotopic (exact) mass is 470 g/mol. The Bertz CT molecular complexity index is 1910. The van der Waals surface area contributed by atoms with E-state index >= 15 is 0 Å². The van der Waals surface area contributed by atoms with Crippen LogP contribution in [0, 0.1) is 0 Å². The van der Waals surface area contributed by atoms with E-state index in [1.165, 1.54) is 0 Å². The molecule has 0 fully saturated rings. The number of rotatable bonds is 3. The van der Waals surface area contributed by atoms with E-state index in [1.807, 2.05) is 72.8 Å². The van der Waals surface area contributed by atoms with Gasteiger partial charge in [0.25, 0.3) is 0 Å². The first-order chi connectivity index (χ1) is 17.8. The van der Waals surface area contributed by atoms with Gasteiger partial charge in [-0.05, 0) is 70.1 Å². The average Bonchev–Trinajstić information content (AvgIpc) is 3.33. The number of fused-ring (bicyclic) bond motifs is 3. The molecule has 0 saturated carbocycles. The Morgan fingerprint density at radius 1 is 0.622 bits per heavy atom. The number of H-pyrrole nitrogens is 1. The number of pyridine rings is 1. The SMILES string of the molecule is [Li+].[O-]c1c(-c2ccc(-c3nc4ccccc4n3-c3ccccc3)c3ccccc23)ccc2ccc[nH+]c12. The molecule has 5 heteroatoms. The van der Waals surface area contributed by atoms with Crippen LogP contribution in [0.1, 0.15) is 0 Å². The molecule has 4 nitrogen and oxygen atoms in total. The zero-order valence-electron chi connectivity index (χ0n) is 20.3. The van der Waals surface area contributed by atoms with E-state index in [4.69, 9.17) is 4.98 Å². The van der Waals surface area contributed by atoms with Crippen LogP contribution in [0.15, 0.2) is 121 Å². The van der Waals surface area contributed by atoms with Crippen LogP contribution in [0.3, 0.4) is 0 Å². The zero-order valence-corrected chi connectivity index (χ0v) is 20.3. The number of hydrogen-bond acceptors (Lipinski definition) is 2. The van der Waals surface area contributed by atoms with Gasteiger partial charge >= 0.3 is 18.9 Å². The molecule has 0 aliphatic heterocycles. The molecule has 37 heavy (non-hydrogen) atoms. The Balaban J connectivity index is 0.00000252. The number of para-hydroxylation sites is 3. The van der Waals surface area contributed by atoms with Gasteiger partial charge in [0, 0.05) is 22.7 Å². The minimum atomic E-state index is 0. The Kier molecular flexibility index (Phi) is 5.77. The molecule has 7 rings (SSSR count). The molecule has 5 aromatic carbocycles. The molecule has 0 amide bonds. The van der Waals surface area contributed by atoms with Crippen molar-refractivity contribution in [3.8, 4) is 34.0 Å². The van der Waals surface area contributed by atoms with Crippen molar-refractivity contribution >= 4 is 32.7 Å². The van der Waals surface area contributed by atoms with Crippen LogP contribution >= 0.6 is 0 Å². The predicted molar refractivity (Wildman–Crippen MR) is 143 cm³/mol. The number of benzene rings is 5. The molecule has 0 unspecified atom stereocenters. The van der Waals surface area contributed by atoms with Gasteiger partial charge in [-0.1, -0.05) is 66.7 Å². The van der Waals surface area contributed by atoms with Crippen LogP contribution < -0.4 is 29.0 Å². The summed E-state index contributed by atoms with van der Waals surface area (Å²) in [5.41, 5.74) is 6.30. The van der Waals surface area contributed by atoms with E-state index in [1.54, 1.807) is 6.20 Å². The van der Waals surface area contributed by atoms with Crippen LogP contribution in [0.5, 0.6) is 5.75 Å². The fourth-order valence-corrected chi connectivity index (χ4v) is 5.15. The van der Waals surface area contributed by atoms with Crippen LogP contribution in [0.4, 0.5) is 0 Å². The summed E-state index contributed by atoms with van der Waals surface area (Å²) in [4.78, 5) is 8.20. The molecule has 0 spiro atoms. The number of nitrogens with zero attached hydrogens (tertiary/aromatic N) is 2. The van der Waals surface area contributed by atoms with Gasteiger partial charge in [0.05, 0.1) is 11.0 Å². The molecule has 0 radical (unpaired) electrons. The topological polar surface area (TPSA) is 55.0 Å². The molecule has 2 aromatic heterocycles. The molecular formula is C32H21LiN3O+. The summed E-state index contributed by atoms with van der Waals surface area (Å²) >= 11 is 0. The van der Waals surface area contributed by atoms with Gasteiger partial charge in [0.1, 0.15) is 5.82 Å². The maximum absolute atomic E-state index is 13.4. The standard InChI is InChI=1S/C32H21N3O.Li/c36-31-26(17-16-21-9-8-20-33-30(21)31)25-18-19-27(24-13-5-4-12-23(24)25)32-34-28-14-6-7-15-29(28)35(32)22-10-2-1-3-11-22;/h1-20,36H;/q;+1. The van der Waals surface area contributed by atoms with Gasteiger partial charge in [-0.15, -0.1) is 0 Å². The second-order valence-corrected chi connectivity index (χ2v) is 8.88. The molecule has 7 aromatic rings. The molecule has 0 aliphatic carbocycles. The number of aromatic amines is 1. The first-order valence-corrected chi connectivity index (χ1v) is 12.0. The molecule has 170 valence electrons. The summed E-state index contributed by atoms with van der Waals surface area (Å²) in [6, 6.07) is 38.7. The van der Waals surface area contributed by atoms with E-state index in [0.717, 1.165) is 49.8 Å². The Labute approximate surface area is 226 Å². The minimum Gasteiger partial charge on any atom is -0.868 e. The summed E-state index contributed by atoms with van der Waals surface area (Å²) in [6.07, 6.45) is 1.79. The number of hydrogen-bond donors (Lipinski definition) is 0. The number of nitrogens with one attached hydrogen (secondary N) is 1. The number of imidazole rings is 1. The average molecular weight is 470 g/mol. The van der Waals surface area contributed by atoms with E-state index in [9.17, 15) is 5.11 Å². The van der Waals surface area contributed by atoms with Crippen LogP contribution in [-0.4, -0.2) is 9.55 Å². The van der Waals surface area contributed by atoms with E-state index in [-0.39, 0.29) is 24.6 Å². The molecule has 2 heterocycles. The van der Waals surface area contributed by atoms with Crippen LogP contribution in [0.25, 0.3) is 60.9 Å². The van der Waals surface area contributed by atoms with E-state index in [2.05, 4.69) is 52.0 Å². The van der Waals surface area contributed by atoms with Gasteiger partial charge in [-0.25, -0.2) is 9.97 Å². The Hall–Kier alpha value is -4.36. The summed E-state index contributed by atoms with van der Waals surface area (Å²) in [6.45, 7) is 0. The van der Waals surface area contributed by atoms with Crippen molar-refractivity contribution in [2.24, 2.45) is 0 Å². The van der Waals surface area contributed by atoms with Crippen molar-refractivity contribution in [2.45, 2.75) is 0 Å². The maximum Gasteiger partial charge on any atom is 1.00 e. The fraction of sp³-hybridized carbons (Fsp3) is 0. The molecule has 1 N–H and O–H groups in total. The number of aromatic nitrogens is 3. The summed E-state index contributed by atoms with van der Waals surface area (Å²) in [5.74, 6) is 0.877. The minimum absolute atomic E-state index is 0. The van der Waals surface area contributed by atoms with Gasteiger partial charge in [0.15, 0.2) is 6.20 Å². The van der Waals surface area contributed by atoms with E-state index < -0.39 is 0 Å². The third-order valence-corrected chi connectivity index (χ3v) is 6.82. The first-order valence-electron chi connectivity index (χ1n) is 12.0. The molecular weight excluding hydrogens is 449 g/mol. The quantitative estimate of drug-likeness (QED) is 0.371. The van der Waals surface area contributed by atoms with Crippen molar-refractivity contribution in [2.75, 3.05) is 0 Å². The largest absolute Gasteiger partial charge is 1.00 e. The Morgan fingerprint density at radius 2 is 1.30 bits per heavy atom. The smallest absolute Gasteiger partial charge is 0.868 e. The predicted octanol–water partition coefficient (Wildman–Crippen LogP) is 3.56. The van der Waals surface area contributed by atoms with Gasteiger partial charge in [0.2, 0.25) is 5.52 Å². The maximum atomic E-state index is 13.4. The third-order valence-electron chi connectivity index (χ3n) is 6.82. The summed E-state index contributed by atoms with van der Waals surface area (Å²) in [5, 5.41) is 16.4. The van der Waals surface area contributed by atoms with Crippen molar-refractivity contribution in [1.29, 1.82) is 0 Å². The van der Waals surface area contributed by atoms with Crippen molar-refractivity contribution in [1.82, 2.24) is 9.55 Å². The van der Waals surface area contributed by atoms with Crippen LogP contribution in [-0.2, 0) is 0 Å². The second-order valence-electron chi connectivity index (χ2n) is 8.88. The Morgan fingerprint density at radius 3 is 2.14 bits per heavy atom. The van der Waals surface area contributed by atoms with Crippen molar-refractivity contribution in [3.63, 3.8) is 0 Å². The fourth-order valence-electron chi connectivity index (χ4n) is 5.15. The molecule has 0 atom stereocenters.